The van der Waals surface area contributed by atoms with Crippen molar-refractivity contribution < 1.29 is 14.6 Å². The van der Waals surface area contributed by atoms with Crippen molar-refractivity contribution in [1.29, 1.82) is 0 Å². The second-order valence-corrected chi connectivity index (χ2v) is 12.2. The van der Waals surface area contributed by atoms with E-state index in [1.165, 1.54) is 0 Å². The van der Waals surface area contributed by atoms with E-state index >= 15 is 0 Å². The van der Waals surface area contributed by atoms with E-state index in [0.29, 0.717) is 60.3 Å². The second-order valence-electron chi connectivity index (χ2n) is 12.2. The van der Waals surface area contributed by atoms with Gasteiger partial charge in [-0.15, -0.1) is 0 Å². The van der Waals surface area contributed by atoms with Crippen molar-refractivity contribution in [1.82, 2.24) is 14.8 Å². The largest absolute Gasteiger partial charge is 0.497 e. The van der Waals surface area contributed by atoms with Gasteiger partial charge in [-0.05, 0) is 73.2 Å². The molecule has 236 valence electrons. The molecule has 0 unspecified atom stereocenters. The molecule has 7 nitrogen and oxygen atoms in total. The molecule has 1 aliphatic rings. The molecule has 6 rings (SSSR count). The number of aromatic nitrogens is 1. The Bertz CT molecular complexity index is 1910. The summed E-state index contributed by atoms with van der Waals surface area (Å²) in [6, 6.07) is 32.6. The maximum absolute atomic E-state index is 14.5. The first kappa shape index (κ1) is 31.3. The molecule has 0 spiro atoms. The monoisotopic (exact) mass is 615 g/mol. The number of fused-ring (bicyclic) bond motifs is 1. The first-order chi connectivity index (χ1) is 22.3. The van der Waals surface area contributed by atoms with Gasteiger partial charge in [0.2, 0.25) is 0 Å². The molecule has 46 heavy (non-hydrogen) atoms. The first-order valence-electron chi connectivity index (χ1n) is 16.0. The Hall–Kier alpha value is -4.72. The summed E-state index contributed by atoms with van der Waals surface area (Å²) < 4.78 is 7.13. The fraction of sp³-hybridized carbons (Fsp3) is 0.282. The molecule has 1 amide bonds. The lowest BCUT2D eigenvalue weighted by molar-refractivity contribution is -0.0282. The summed E-state index contributed by atoms with van der Waals surface area (Å²) in [7, 11) is 1.62. The smallest absolute Gasteiger partial charge is 0.263 e. The number of aryl methyl sites for hydroxylation is 1. The number of nitrogens with one attached hydrogen (secondary N) is 1. The number of methoxy groups -OCH3 is 1. The summed E-state index contributed by atoms with van der Waals surface area (Å²) in [6.45, 7) is 5.60. The Balaban J connectivity index is 1.43. The third kappa shape index (κ3) is 6.21. The van der Waals surface area contributed by atoms with E-state index in [1.54, 1.807) is 17.7 Å². The summed E-state index contributed by atoms with van der Waals surface area (Å²) in [4.78, 5) is 31.0. The number of hydrogen-bond acceptors (Lipinski definition) is 5. The van der Waals surface area contributed by atoms with Gasteiger partial charge in [-0.3, -0.25) is 19.1 Å². The zero-order valence-electron chi connectivity index (χ0n) is 26.7. The number of likely N-dealkylation sites (tertiary alicyclic amines) is 1. The lowest BCUT2D eigenvalue weighted by atomic mass is 9.84. The molecule has 1 aliphatic heterocycles. The van der Waals surface area contributed by atoms with E-state index in [9.17, 15) is 14.7 Å². The normalized spacial score (nSPS) is 15.4. The number of rotatable bonds is 9. The third-order valence-corrected chi connectivity index (χ3v) is 9.25. The topological polar surface area (TPSA) is 83.8 Å². The van der Waals surface area contributed by atoms with Gasteiger partial charge >= 0.3 is 0 Å². The zero-order valence-corrected chi connectivity index (χ0v) is 26.7. The number of pyridine rings is 1. The van der Waals surface area contributed by atoms with E-state index in [2.05, 4.69) is 17.1 Å². The molecule has 1 atom stereocenters. The lowest BCUT2D eigenvalue weighted by Crippen LogP contribution is -2.43. The highest BCUT2D eigenvalue weighted by atomic mass is 16.5. The number of carbonyl (C=O) groups is 1. The van der Waals surface area contributed by atoms with E-state index in [-0.39, 0.29) is 17.5 Å². The van der Waals surface area contributed by atoms with Crippen LogP contribution in [0.5, 0.6) is 5.75 Å². The third-order valence-electron chi connectivity index (χ3n) is 9.25. The average Bonchev–Trinajstić information content (AvgIpc) is 3.09. The van der Waals surface area contributed by atoms with Crippen molar-refractivity contribution in [2.24, 2.45) is 0 Å². The summed E-state index contributed by atoms with van der Waals surface area (Å²) >= 11 is 0. The Kier molecular flexibility index (Phi) is 9.06. The van der Waals surface area contributed by atoms with Crippen LogP contribution in [0.2, 0.25) is 0 Å². The van der Waals surface area contributed by atoms with Crippen molar-refractivity contribution in [3.8, 4) is 11.4 Å². The Morgan fingerprint density at radius 2 is 1.61 bits per heavy atom. The number of hydrogen-bond donors (Lipinski definition) is 2. The van der Waals surface area contributed by atoms with Crippen LogP contribution in [-0.4, -0.2) is 40.7 Å². The molecule has 2 heterocycles. The molecule has 2 N–H and O–H groups in total. The van der Waals surface area contributed by atoms with Crippen LogP contribution in [0.3, 0.4) is 0 Å². The van der Waals surface area contributed by atoms with Gasteiger partial charge in [0.05, 0.1) is 30.0 Å². The summed E-state index contributed by atoms with van der Waals surface area (Å²) in [5.74, 6) is 0.497. The van der Waals surface area contributed by atoms with Crippen LogP contribution in [-0.2, 0) is 12.1 Å². The number of ether oxygens (including phenoxy) is 1. The van der Waals surface area contributed by atoms with Gasteiger partial charge < -0.3 is 15.2 Å². The molecule has 1 saturated heterocycles. The van der Waals surface area contributed by atoms with Gasteiger partial charge in [0, 0.05) is 36.1 Å². The average molecular weight is 616 g/mol. The number of amides is 1. The Labute approximate surface area is 270 Å². The fourth-order valence-electron chi connectivity index (χ4n) is 6.67. The minimum absolute atomic E-state index is 0.159. The molecule has 0 bridgehead atoms. The van der Waals surface area contributed by atoms with Crippen LogP contribution < -0.4 is 15.6 Å². The molecule has 0 aliphatic carbocycles. The minimum atomic E-state index is -0.991. The molecule has 7 heteroatoms. The quantitative estimate of drug-likeness (QED) is 0.194. The number of piperidine rings is 1. The molecule has 4 aromatic carbocycles. The van der Waals surface area contributed by atoms with Crippen molar-refractivity contribution in [2.45, 2.75) is 51.3 Å². The van der Waals surface area contributed by atoms with Crippen LogP contribution >= 0.6 is 0 Å². The minimum Gasteiger partial charge on any atom is -0.497 e. The first-order valence-corrected chi connectivity index (χ1v) is 16.0. The van der Waals surface area contributed by atoms with Crippen LogP contribution in [0.1, 0.15) is 65.0 Å². The van der Waals surface area contributed by atoms with Gasteiger partial charge in [0.1, 0.15) is 5.75 Å². The standard InChI is InChI=1S/C39H41N3O4/c1-4-34(28-13-6-5-7-14-28)40-37(43)36-32-18-8-9-19-33(32)38(44)42(30-16-10-12-27(2)24-30)35(36)26-41-22-20-39(45,21-23-41)29-15-11-17-31(25-29)46-3/h5-19,24-25,34,45H,4,20-23,26H2,1-3H3,(H,40,43)/t34-/m0/s1. The fourth-order valence-corrected chi connectivity index (χ4v) is 6.67. The Morgan fingerprint density at radius 1 is 0.913 bits per heavy atom. The predicted octanol–water partition coefficient (Wildman–Crippen LogP) is 6.67. The van der Waals surface area contributed by atoms with Crippen molar-refractivity contribution in [2.75, 3.05) is 20.2 Å². The highest BCUT2D eigenvalue weighted by Crippen LogP contribution is 2.35. The zero-order chi connectivity index (χ0) is 32.3. The van der Waals surface area contributed by atoms with E-state index in [0.717, 1.165) is 28.8 Å². The van der Waals surface area contributed by atoms with Gasteiger partial charge in [0.15, 0.2) is 0 Å². The van der Waals surface area contributed by atoms with Gasteiger partial charge in [-0.1, -0.05) is 79.7 Å². The van der Waals surface area contributed by atoms with Crippen LogP contribution in [0.4, 0.5) is 0 Å². The van der Waals surface area contributed by atoms with Crippen molar-refractivity contribution in [3.63, 3.8) is 0 Å². The number of benzene rings is 4. The highest BCUT2D eigenvalue weighted by Gasteiger charge is 2.35. The molecular weight excluding hydrogens is 574 g/mol. The van der Waals surface area contributed by atoms with Crippen LogP contribution in [0.15, 0.2) is 108 Å². The van der Waals surface area contributed by atoms with Crippen molar-refractivity contribution in [3.05, 3.63) is 141 Å². The molecule has 0 radical (unpaired) electrons. The Morgan fingerprint density at radius 3 is 2.30 bits per heavy atom. The summed E-state index contributed by atoms with van der Waals surface area (Å²) in [5, 5.41) is 16.1. The molecule has 5 aromatic rings. The van der Waals surface area contributed by atoms with Crippen molar-refractivity contribution >= 4 is 16.7 Å². The summed E-state index contributed by atoms with van der Waals surface area (Å²) in [5.41, 5.74) is 3.60. The predicted molar refractivity (Wildman–Crippen MR) is 183 cm³/mol. The summed E-state index contributed by atoms with van der Waals surface area (Å²) in [6.07, 6.45) is 1.74. The van der Waals surface area contributed by atoms with E-state index in [1.807, 2.05) is 104 Å². The van der Waals surface area contributed by atoms with E-state index in [4.69, 9.17) is 4.74 Å². The number of aliphatic hydroxyl groups is 1. The van der Waals surface area contributed by atoms with Gasteiger partial charge in [-0.25, -0.2) is 0 Å². The molecule has 1 fully saturated rings. The number of nitrogens with zero attached hydrogens (tertiary/aromatic N) is 2. The molecule has 1 aromatic heterocycles. The lowest BCUT2D eigenvalue weighted by Gasteiger charge is -2.39. The maximum atomic E-state index is 14.5. The molecule has 0 saturated carbocycles. The van der Waals surface area contributed by atoms with Gasteiger partial charge in [-0.2, -0.15) is 0 Å². The molecular formula is C39H41N3O4. The highest BCUT2D eigenvalue weighted by molar-refractivity contribution is 6.08. The van der Waals surface area contributed by atoms with Crippen LogP contribution in [0, 0.1) is 6.92 Å². The SMILES string of the molecule is CC[C@H](NC(=O)c1c(CN2CCC(O)(c3cccc(OC)c3)CC2)n(-c2cccc(C)c2)c(=O)c2ccccc12)c1ccccc1. The van der Waals surface area contributed by atoms with Crippen LogP contribution in [0.25, 0.3) is 16.5 Å². The second kappa shape index (κ2) is 13.3. The van der Waals surface area contributed by atoms with E-state index < -0.39 is 5.60 Å². The van der Waals surface area contributed by atoms with Gasteiger partial charge in [0.25, 0.3) is 11.5 Å². The maximum Gasteiger partial charge on any atom is 0.263 e. The number of carbonyl (C=O) groups excluding carboxylic acids is 1.